The minimum Gasteiger partial charge on any atom is -0.462 e. The summed E-state index contributed by atoms with van der Waals surface area (Å²) in [6, 6.07) is -2.40. The second-order valence-electron chi connectivity index (χ2n) is 4.73. The van der Waals surface area contributed by atoms with Crippen LogP contribution in [0.1, 0.15) is 59.8 Å². The van der Waals surface area contributed by atoms with E-state index < -0.39 is 47.2 Å². The summed E-state index contributed by atoms with van der Waals surface area (Å²) < 4.78 is 41.2. The van der Waals surface area contributed by atoms with Crippen molar-refractivity contribution >= 4 is 11.9 Å². The van der Waals surface area contributed by atoms with E-state index in [9.17, 15) is 9.59 Å². The van der Waals surface area contributed by atoms with Gasteiger partial charge in [-0.15, -0.1) is 0 Å². The number of carbonyl (C=O) groups excluding carboxylic acids is 2. The molecule has 0 amide bonds. The summed E-state index contributed by atoms with van der Waals surface area (Å²) in [7, 11) is 0. The van der Waals surface area contributed by atoms with E-state index in [1.165, 1.54) is 0 Å². The van der Waals surface area contributed by atoms with Crippen molar-refractivity contribution < 1.29 is 24.5 Å². The largest absolute Gasteiger partial charge is 0.462 e. The van der Waals surface area contributed by atoms with E-state index >= 15 is 0 Å². The van der Waals surface area contributed by atoms with Crippen LogP contribution in [0.2, 0.25) is 0 Å². The average molecular weight is 282 g/mol. The Morgan fingerprint density at radius 2 is 1.70 bits per heavy atom. The third kappa shape index (κ3) is 5.03. The van der Waals surface area contributed by atoms with Crippen molar-refractivity contribution in [2.24, 2.45) is 5.92 Å². The highest BCUT2D eigenvalue weighted by atomic mass is 16.5. The van der Waals surface area contributed by atoms with Crippen molar-refractivity contribution in [1.82, 2.24) is 0 Å². The fraction of sp³-hybridized carbons (Fsp3) is 0.500. The SMILES string of the molecule is [2H]c1c([2H])c([2H])c(C(=O)OCC(C)C)c(C(=O)OCCCC)c1[2H]. The van der Waals surface area contributed by atoms with Crippen LogP contribution in [0.15, 0.2) is 24.2 Å². The standard InChI is InChI=1S/C16H22O4/c1-4-5-10-19-15(17)13-8-6-7-9-14(13)16(18)20-11-12(2)3/h6-9,12H,4-5,10-11H2,1-3H3/i6D,7D,8D,9D. The van der Waals surface area contributed by atoms with Crippen LogP contribution in [0.4, 0.5) is 0 Å². The van der Waals surface area contributed by atoms with E-state index in [1.54, 1.807) is 0 Å². The van der Waals surface area contributed by atoms with Crippen LogP contribution >= 0.6 is 0 Å². The quantitative estimate of drug-likeness (QED) is 0.567. The molecular weight excluding hydrogens is 256 g/mol. The predicted octanol–water partition coefficient (Wildman–Crippen LogP) is 3.46. The topological polar surface area (TPSA) is 52.6 Å². The lowest BCUT2D eigenvalue weighted by Crippen LogP contribution is -2.16. The van der Waals surface area contributed by atoms with Gasteiger partial charge in [-0.25, -0.2) is 9.59 Å². The summed E-state index contributed by atoms with van der Waals surface area (Å²) in [5, 5.41) is 0. The van der Waals surface area contributed by atoms with Gasteiger partial charge in [0.1, 0.15) is 0 Å². The zero-order valence-electron chi connectivity index (χ0n) is 16.0. The van der Waals surface area contributed by atoms with Gasteiger partial charge in [0, 0.05) is 0 Å². The first kappa shape index (κ1) is 10.9. The fourth-order valence-corrected chi connectivity index (χ4v) is 1.31. The molecule has 0 aliphatic carbocycles. The van der Waals surface area contributed by atoms with Crippen LogP contribution in [0.25, 0.3) is 0 Å². The Hall–Kier alpha value is -1.84. The van der Waals surface area contributed by atoms with Crippen LogP contribution in [0.3, 0.4) is 0 Å². The van der Waals surface area contributed by atoms with E-state index in [0.717, 1.165) is 6.42 Å². The first-order chi connectivity index (χ1) is 11.2. The summed E-state index contributed by atoms with van der Waals surface area (Å²) in [4.78, 5) is 24.5. The number of rotatable bonds is 7. The van der Waals surface area contributed by atoms with Crippen molar-refractivity contribution in [3.05, 3.63) is 35.3 Å². The Labute approximate surface area is 125 Å². The molecule has 0 aliphatic heterocycles. The molecule has 110 valence electrons. The smallest absolute Gasteiger partial charge is 0.339 e. The first-order valence-corrected chi connectivity index (χ1v) is 6.66. The van der Waals surface area contributed by atoms with Crippen molar-refractivity contribution in [1.29, 1.82) is 0 Å². The number of esters is 2. The summed E-state index contributed by atoms with van der Waals surface area (Å²) in [5.41, 5.74) is -0.964. The molecule has 0 saturated heterocycles. The maximum absolute atomic E-state index is 12.3. The second kappa shape index (κ2) is 8.35. The zero-order valence-corrected chi connectivity index (χ0v) is 12.0. The molecule has 0 atom stereocenters. The molecule has 4 nitrogen and oxygen atoms in total. The molecule has 0 unspecified atom stereocenters. The Kier molecular flexibility index (Phi) is 4.55. The molecule has 0 saturated carbocycles. The lowest BCUT2D eigenvalue weighted by atomic mass is 10.1. The number of hydrogen-bond acceptors (Lipinski definition) is 4. The summed E-state index contributed by atoms with van der Waals surface area (Å²) in [6.45, 7) is 5.75. The number of benzene rings is 1. The molecule has 0 fully saturated rings. The van der Waals surface area contributed by atoms with Crippen LogP contribution in [0.5, 0.6) is 0 Å². The second-order valence-corrected chi connectivity index (χ2v) is 4.73. The van der Waals surface area contributed by atoms with Gasteiger partial charge in [0.25, 0.3) is 0 Å². The molecule has 1 aromatic rings. The molecule has 0 heterocycles. The molecule has 0 aromatic heterocycles. The van der Waals surface area contributed by atoms with Gasteiger partial charge >= 0.3 is 11.9 Å². The lowest BCUT2D eigenvalue weighted by Gasteiger charge is -2.10. The van der Waals surface area contributed by atoms with Gasteiger partial charge in [-0.1, -0.05) is 39.3 Å². The minimum atomic E-state index is -0.960. The van der Waals surface area contributed by atoms with Crippen molar-refractivity contribution in [3.8, 4) is 0 Å². The van der Waals surface area contributed by atoms with Gasteiger partial charge in [0.05, 0.1) is 29.8 Å². The molecule has 0 N–H and O–H groups in total. The Bertz CT molecular complexity index is 629. The molecule has 4 heteroatoms. The highest BCUT2D eigenvalue weighted by Crippen LogP contribution is 2.13. The Morgan fingerprint density at radius 3 is 2.20 bits per heavy atom. The molecule has 1 rings (SSSR count). The van der Waals surface area contributed by atoms with Gasteiger partial charge in [0.2, 0.25) is 0 Å². The van der Waals surface area contributed by atoms with Crippen molar-refractivity contribution in [3.63, 3.8) is 0 Å². The Balaban J connectivity index is 3.33. The molecule has 1 aromatic carbocycles. The van der Waals surface area contributed by atoms with Gasteiger partial charge in [-0.3, -0.25) is 0 Å². The summed E-state index contributed by atoms with van der Waals surface area (Å²) in [5.74, 6) is -1.87. The third-order valence-electron chi connectivity index (χ3n) is 2.37. The lowest BCUT2D eigenvalue weighted by molar-refractivity contribution is 0.0428. The highest BCUT2D eigenvalue weighted by Gasteiger charge is 2.18. The van der Waals surface area contributed by atoms with E-state index in [1.807, 2.05) is 20.8 Å². The monoisotopic (exact) mass is 282 g/mol. The van der Waals surface area contributed by atoms with Crippen LogP contribution in [-0.4, -0.2) is 25.2 Å². The zero-order chi connectivity index (χ0) is 18.4. The minimum absolute atomic E-state index is 0.0458. The van der Waals surface area contributed by atoms with Gasteiger partial charge in [-0.05, 0) is 24.4 Å². The van der Waals surface area contributed by atoms with Gasteiger partial charge in [-0.2, -0.15) is 0 Å². The maximum atomic E-state index is 12.3. The molecule has 20 heavy (non-hydrogen) atoms. The number of ether oxygens (including phenoxy) is 2. The molecule has 0 radical (unpaired) electrons. The third-order valence-corrected chi connectivity index (χ3v) is 2.37. The normalized spacial score (nSPS) is 13.2. The fourth-order valence-electron chi connectivity index (χ4n) is 1.31. The number of hydrogen-bond donors (Lipinski definition) is 0. The van der Waals surface area contributed by atoms with Crippen LogP contribution in [0, 0.1) is 5.92 Å². The first-order valence-electron chi connectivity index (χ1n) is 8.66. The van der Waals surface area contributed by atoms with Gasteiger partial charge < -0.3 is 9.47 Å². The van der Waals surface area contributed by atoms with Crippen molar-refractivity contribution in [2.75, 3.05) is 13.2 Å². The number of carbonyl (C=O) groups is 2. The molecular formula is C16H22O4. The van der Waals surface area contributed by atoms with E-state index in [-0.39, 0.29) is 19.1 Å². The average Bonchev–Trinajstić information content (AvgIpc) is 2.53. The van der Waals surface area contributed by atoms with E-state index in [4.69, 9.17) is 15.0 Å². The maximum Gasteiger partial charge on any atom is 0.339 e. The van der Waals surface area contributed by atoms with Crippen molar-refractivity contribution in [2.45, 2.75) is 33.6 Å². The number of unbranched alkanes of at least 4 members (excludes halogenated alkanes) is 1. The van der Waals surface area contributed by atoms with Crippen LogP contribution < -0.4 is 0 Å². The predicted molar refractivity (Wildman–Crippen MR) is 76.8 cm³/mol. The van der Waals surface area contributed by atoms with Gasteiger partial charge in [0.15, 0.2) is 0 Å². The molecule has 0 bridgehead atoms. The Morgan fingerprint density at radius 1 is 1.15 bits per heavy atom. The molecule has 0 aliphatic rings. The summed E-state index contributed by atoms with van der Waals surface area (Å²) in [6.07, 6.45) is 1.41. The highest BCUT2D eigenvalue weighted by molar-refractivity contribution is 6.03. The molecule has 0 spiro atoms. The van der Waals surface area contributed by atoms with E-state index in [2.05, 4.69) is 0 Å². The van der Waals surface area contributed by atoms with Crippen LogP contribution in [-0.2, 0) is 9.47 Å². The summed E-state index contributed by atoms with van der Waals surface area (Å²) >= 11 is 0. The van der Waals surface area contributed by atoms with E-state index in [0.29, 0.717) is 6.42 Å².